The van der Waals surface area contributed by atoms with Gasteiger partial charge in [0.2, 0.25) is 0 Å². The first-order valence-electron chi connectivity index (χ1n) is 15.5. The average molecular weight is 563 g/mol. The second-order valence-corrected chi connectivity index (χ2v) is 12.4. The summed E-state index contributed by atoms with van der Waals surface area (Å²) >= 11 is 0. The molecule has 4 heteroatoms. The summed E-state index contributed by atoms with van der Waals surface area (Å²) in [6.45, 7) is 4.28. The lowest BCUT2D eigenvalue weighted by Gasteiger charge is -2.37. The van der Waals surface area contributed by atoms with Crippen molar-refractivity contribution in [3.8, 4) is 22.3 Å². The Morgan fingerprint density at radius 3 is 1.76 bits per heavy atom. The third kappa shape index (κ3) is 6.63. The molecule has 2 fully saturated rings. The molecular weight excluding hydrogens is 520 g/mol. The van der Waals surface area contributed by atoms with Gasteiger partial charge in [-0.15, -0.1) is 0 Å². The van der Waals surface area contributed by atoms with E-state index in [2.05, 4.69) is 6.92 Å². The highest BCUT2D eigenvalue weighted by atomic mass is 19.2. The number of hydrogen-bond donors (Lipinski definition) is 0. The Labute approximate surface area is 242 Å². The summed E-state index contributed by atoms with van der Waals surface area (Å²) in [6, 6.07) is 13.2. The van der Waals surface area contributed by atoms with Crippen LogP contribution in [0.4, 0.5) is 17.6 Å². The number of rotatable bonds is 8. The Kier molecular flexibility index (Phi) is 9.68. The lowest BCUT2D eigenvalue weighted by Crippen LogP contribution is -2.25. The molecule has 2 saturated carbocycles. The van der Waals surface area contributed by atoms with Crippen molar-refractivity contribution in [1.29, 1.82) is 0 Å². The minimum atomic E-state index is -0.879. The van der Waals surface area contributed by atoms with E-state index in [1.54, 1.807) is 48.5 Å². The highest BCUT2D eigenvalue weighted by Gasteiger charge is 2.32. The van der Waals surface area contributed by atoms with E-state index in [-0.39, 0.29) is 17.0 Å². The zero-order valence-electron chi connectivity index (χ0n) is 24.4. The van der Waals surface area contributed by atoms with E-state index in [9.17, 15) is 8.78 Å². The van der Waals surface area contributed by atoms with Gasteiger partial charge in [-0.25, -0.2) is 17.6 Å². The Balaban J connectivity index is 1.26. The SMILES string of the molecule is C/C=C\CCCc1ccc(-c2ccc(-c3ccc(C4CCC(C5CCC(C)CC5)CC4)c(F)c3F)cc2)c(F)c1F. The van der Waals surface area contributed by atoms with Gasteiger partial charge in [-0.3, -0.25) is 0 Å². The Morgan fingerprint density at radius 1 is 0.634 bits per heavy atom. The summed E-state index contributed by atoms with van der Waals surface area (Å²) < 4.78 is 60.4. The fourth-order valence-corrected chi connectivity index (χ4v) is 7.17. The van der Waals surface area contributed by atoms with Crippen LogP contribution in [0.3, 0.4) is 0 Å². The van der Waals surface area contributed by atoms with Crippen molar-refractivity contribution in [3.05, 3.63) is 95.1 Å². The lowest BCUT2D eigenvalue weighted by molar-refractivity contribution is 0.164. The molecule has 0 radical (unpaired) electrons. The van der Waals surface area contributed by atoms with Crippen molar-refractivity contribution in [2.24, 2.45) is 17.8 Å². The molecule has 3 aromatic rings. The lowest BCUT2D eigenvalue weighted by atomic mass is 9.68. The van der Waals surface area contributed by atoms with Crippen LogP contribution in [-0.4, -0.2) is 0 Å². The zero-order valence-corrected chi connectivity index (χ0v) is 24.4. The second kappa shape index (κ2) is 13.4. The molecule has 0 heterocycles. The normalized spacial score (nSPS) is 23.3. The van der Waals surface area contributed by atoms with Crippen LogP contribution >= 0.6 is 0 Å². The third-order valence-corrected chi connectivity index (χ3v) is 9.77. The molecule has 0 unspecified atom stereocenters. The van der Waals surface area contributed by atoms with Gasteiger partial charge in [-0.2, -0.15) is 0 Å². The van der Waals surface area contributed by atoms with Gasteiger partial charge in [0.15, 0.2) is 23.3 Å². The van der Waals surface area contributed by atoms with Gasteiger partial charge >= 0.3 is 0 Å². The van der Waals surface area contributed by atoms with Gasteiger partial charge in [0, 0.05) is 11.1 Å². The average Bonchev–Trinajstić information content (AvgIpc) is 2.99. The van der Waals surface area contributed by atoms with E-state index < -0.39 is 23.3 Å². The Hall–Kier alpha value is -2.88. The van der Waals surface area contributed by atoms with Crippen LogP contribution in [0.1, 0.15) is 95.1 Å². The molecule has 0 amide bonds. The second-order valence-electron chi connectivity index (χ2n) is 12.4. The van der Waals surface area contributed by atoms with Crippen molar-refractivity contribution in [3.63, 3.8) is 0 Å². The van der Waals surface area contributed by atoms with Crippen LogP contribution in [-0.2, 0) is 6.42 Å². The number of hydrogen-bond acceptors (Lipinski definition) is 0. The minimum Gasteiger partial charge on any atom is -0.203 e. The maximum Gasteiger partial charge on any atom is 0.166 e. The molecular formula is C37H42F4. The molecule has 0 aliphatic heterocycles. The summed E-state index contributed by atoms with van der Waals surface area (Å²) in [5, 5.41) is 0. The number of halogens is 4. The Bertz CT molecular complexity index is 1340. The molecule has 5 rings (SSSR count). The first-order chi connectivity index (χ1) is 19.9. The standard InChI is InChI=1S/C37H42F4/c1-3-4-5-6-7-30-20-21-31(35(39)34(30)38)28-16-18-29(19-17-28)33-23-22-32(36(40)37(33)41)27-14-12-26(13-15-27)25-10-8-24(2)9-11-25/h3-4,16-27H,5-15H2,1-2H3/b4-3-. The molecule has 2 aliphatic carbocycles. The van der Waals surface area contributed by atoms with E-state index in [4.69, 9.17) is 0 Å². The quantitative estimate of drug-likeness (QED) is 0.145. The van der Waals surface area contributed by atoms with Crippen molar-refractivity contribution >= 4 is 0 Å². The number of unbranched alkanes of at least 4 members (excludes halogenated alkanes) is 1. The molecule has 0 atom stereocenters. The predicted octanol–water partition coefficient (Wildman–Crippen LogP) is 11.6. The van der Waals surface area contributed by atoms with E-state index in [1.807, 2.05) is 19.1 Å². The van der Waals surface area contributed by atoms with E-state index in [1.165, 1.54) is 25.7 Å². The third-order valence-electron chi connectivity index (χ3n) is 9.77. The monoisotopic (exact) mass is 562 g/mol. The molecule has 0 N–H and O–H groups in total. The van der Waals surface area contributed by atoms with Crippen LogP contribution in [0.15, 0.2) is 60.7 Å². The molecule has 2 aliphatic rings. The van der Waals surface area contributed by atoms with Gasteiger partial charge in [-0.05, 0) is 111 Å². The van der Waals surface area contributed by atoms with E-state index in [0.717, 1.165) is 56.3 Å². The van der Waals surface area contributed by atoms with Crippen molar-refractivity contribution in [2.75, 3.05) is 0 Å². The predicted molar refractivity (Wildman–Crippen MR) is 161 cm³/mol. The van der Waals surface area contributed by atoms with Crippen LogP contribution in [0.5, 0.6) is 0 Å². The number of allylic oxidation sites excluding steroid dienone is 2. The highest BCUT2D eigenvalue weighted by molar-refractivity contribution is 5.71. The maximum absolute atomic E-state index is 15.4. The van der Waals surface area contributed by atoms with Gasteiger partial charge < -0.3 is 0 Å². The maximum atomic E-state index is 15.4. The van der Waals surface area contributed by atoms with Crippen LogP contribution < -0.4 is 0 Å². The molecule has 0 saturated heterocycles. The van der Waals surface area contributed by atoms with Crippen LogP contribution in [0.25, 0.3) is 22.3 Å². The fourth-order valence-electron chi connectivity index (χ4n) is 7.17. The fraction of sp³-hybridized carbons (Fsp3) is 0.459. The molecule has 218 valence electrons. The zero-order chi connectivity index (χ0) is 28.9. The topological polar surface area (TPSA) is 0 Å². The van der Waals surface area contributed by atoms with Gasteiger partial charge in [0.1, 0.15) is 0 Å². The Morgan fingerprint density at radius 2 is 1.17 bits per heavy atom. The summed E-state index contributed by atoms with van der Waals surface area (Å²) in [6.07, 6.45) is 15.3. The first kappa shape index (κ1) is 29.6. The first-order valence-corrected chi connectivity index (χ1v) is 15.5. The van der Waals surface area contributed by atoms with Crippen LogP contribution in [0.2, 0.25) is 0 Å². The molecule has 41 heavy (non-hydrogen) atoms. The number of aryl methyl sites for hydroxylation is 1. The van der Waals surface area contributed by atoms with Crippen molar-refractivity contribution in [2.45, 2.75) is 90.4 Å². The molecule has 0 bridgehead atoms. The smallest absolute Gasteiger partial charge is 0.166 e. The molecule has 3 aromatic carbocycles. The summed E-state index contributed by atoms with van der Waals surface area (Å²) in [5.41, 5.74) is 2.20. The minimum absolute atomic E-state index is 0.0589. The van der Waals surface area contributed by atoms with E-state index >= 15 is 8.78 Å². The summed E-state index contributed by atoms with van der Waals surface area (Å²) in [5.74, 6) is -0.860. The highest BCUT2D eigenvalue weighted by Crippen LogP contribution is 2.45. The molecule has 0 spiro atoms. The number of benzene rings is 3. The van der Waals surface area contributed by atoms with Gasteiger partial charge in [0.25, 0.3) is 0 Å². The van der Waals surface area contributed by atoms with Crippen molar-refractivity contribution in [1.82, 2.24) is 0 Å². The van der Waals surface area contributed by atoms with Gasteiger partial charge in [0.05, 0.1) is 0 Å². The van der Waals surface area contributed by atoms with E-state index in [0.29, 0.717) is 28.7 Å². The summed E-state index contributed by atoms with van der Waals surface area (Å²) in [7, 11) is 0. The van der Waals surface area contributed by atoms with Gasteiger partial charge in [-0.1, -0.05) is 80.4 Å². The molecule has 0 aromatic heterocycles. The van der Waals surface area contributed by atoms with Crippen molar-refractivity contribution < 1.29 is 17.6 Å². The largest absolute Gasteiger partial charge is 0.203 e. The van der Waals surface area contributed by atoms with Crippen LogP contribution in [0, 0.1) is 41.0 Å². The molecule has 0 nitrogen and oxygen atoms in total. The summed E-state index contributed by atoms with van der Waals surface area (Å²) in [4.78, 5) is 0.